The zero-order chi connectivity index (χ0) is 19.6. The van der Waals surface area contributed by atoms with Crippen LogP contribution in [0.3, 0.4) is 0 Å². The van der Waals surface area contributed by atoms with E-state index in [1.54, 1.807) is 7.11 Å². The van der Waals surface area contributed by atoms with E-state index in [1.165, 1.54) is 4.90 Å². The number of hydrogen-bond acceptors (Lipinski definition) is 5. The van der Waals surface area contributed by atoms with E-state index in [0.29, 0.717) is 26.4 Å². The van der Waals surface area contributed by atoms with Crippen molar-refractivity contribution in [3.05, 3.63) is 48.7 Å². The molecule has 7 nitrogen and oxygen atoms in total. The fraction of sp³-hybridized carbons (Fsp3) is 0.476. The lowest BCUT2D eigenvalue weighted by molar-refractivity contribution is -0.903. The summed E-state index contributed by atoms with van der Waals surface area (Å²) in [5, 5.41) is 10.2. The number of methoxy groups -OCH3 is 1. The number of pyridine rings is 1. The Labute approximate surface area is 166 Å². The van der Waals surface area contributed by atoms with E-state index in [4.69, 9.17) is 14.2 Å². The van der Waals surface area contributed by atoms with Gasteiger partial charge in [-0.2, -0.15) is 0 Å². The van der Waals surface area contributed by atoms with Crippen LogP contribution in [-0.4, -0.2) is 70.9 Å². The van der Waals surface area contributed by atoms with Crippen molar-refractivity contribution < 1.29 is 29.2 Å². The molecule has 0 spiro atoms. The molecule has 0 radical (unpaired) electrons. The van der Waals surface area contributed by atoms with Gasteiger partial charge in [-0.3, -0.25) is 4.90 Å². The number of quaternary nitrogens is 1. The quantitative estimate of drug-likeness (QED) is 0.545. The van der Waals surface area contributed by atoms with E-state index in [9.17, 15) is 5.11 Å². The van der Waals surface area contributed by atoms with Gasteiger partial charge in [0.2, 0.25) is 0 Å². The Kier molecular flexibility index (Phi) is 7.90. The minimum absolute atomic E-state index is 0.334. The van der Waals surface area contributed by atoms with Crippen molar-refractivity contribution >= 4 is 5.82 Å². The number of benzene rings is 1. The fourth-order valence-corrected chi connectivity index (χ4v) is 3.37. The first-order valence-electron chi connectivity index (χ1n) is 9.82. The lowest BCUT2D eigenvalue weighted by atomic mass is 10.2. The van der Waals surface area contributed by atoms with Crippen LogP contribution in [0.4, 0.5) is 5.82 Å². The van der Waals surface area contributed by atoms with Crippen LogP contribution in [0.2, 0.25) is 0 Å². The number of piperazine rings is 1. The summed E-state index contributed by atoms with van der Waals surface area (Å²) in [5.41, 5.74) is 0. The smallest absolute Gasteiger partial charge is 0.274 e. The number of aliphatic hydroxyl groups is 1. The van der Waals surface area contributed by atoms with E-state index < -0.39 is 6.10 Å². The maximum atomic E-state index is 10.2. The number of aliphatic hydroxyl groups excluding tert-OH is 1. The average Bonchev–Trinajstić information content (AvgIpc) is 2.75. The van der Waals surface area contributed by atoms with Crippen molar-refractivity contribution in [2.75, 3.05) is 64.6 Å². The van der Waals surface area contributed by atoms with E-state index >= 15 is 0 Å². The van der Waals surface area contributed by atoms with E-state index in [2.05, 4.69) is 16.0 Å². The molecule has 1 aromatic heterocycles. The Balaban J connectivity index is 1.27. The van der Waals surface area contributed by atoms with Gasteiger partial charge in [0.05, 0.1) is 26.5 Å². The minimum atomic E-state index is -0.457. The van der Waals surface area contributed by atoms with Crippen LogP contribution in [-0.2, 0) is 4.74 Å². The van der Waals surface area contributed by atoms with Crippen molar-refractivity contribution in [3.8, 4) is 11.5 Å². The van der Waals surface area contributed by atoms with Gasteiger partial charge in [0, 0.05) is 12.1 Å². The van der Waals surface area contributed by atoms with Crippen LogP contribution in [0.1, 0.15) is 0 Å². The second-order valence-corrected chi connectivity index (χ2v) is 6.95. The number of nitrogens with one attached hydrogen (secondary N) is 2. The molecule has 0 aliphatic carbocycles. The molecule has 0 saturated carbocycles. The number of aromatic nitrogens is 1. The highest BCUT2D eigenvalue weighted by Crippen LogP contribution is 2.18. The summed E-state index contributed by atoms with van der Waals surface area (Å²) in [6.07, 6.45) is 1.50. The number of aromatic amines is 1. The summed E-state index contributed by atoms with van der Waals surface area (Å²) < 4.78 is 16.4. The zero-order valence-electron chi connectivity index (χ0n) is 16.5. The Morgan fingerprint density at radius 3 is 2.68 bits per heavy atom. The summed E-state index contributed by atoms with van der Waals surface area (Å²) in [6, 6.07) is 13.6. The molecule has 1 fully saturated rings. The molecule has 3 rings (SSSR count). The van der Waals surface area contributed by atoms with Crippen LogP contribution in [0.25, 0.3) is 0 Å². The van der Waals surface area contributed by atoms with Gasteiger partial charge in [-0.15, -0.1) is 0 Å². The molecule has 152 valence electrons. The Hall–Kier alpha value is -2.35. The van der Waals surface area contributed by atoms with Gasteiger partial charge >= 0.3 is 0 Å². The molecule has 7 heteroatoms. The largest absolute Gasteiger partial charge is 0.497 e. The third-order valence-electron chi connectivity index (χ3n) is 4.88. The highest BCUT2D eigenvalue weighted by atomic mass is 16.5. The Morgan fingerprint density at radius 1 is 1.11 bits per heavy atom. The predicted octanol–water partition coefficient (Wildman–Crippen LogP) is -0.329. The van der Waals surface area contributed by atoms with Crippen LogP contribution in [0.15, 0.2) is 48.7 Å². The number of hydrogen-bond donors (Lipinski definition) is 2. The summed E-state index contributed by atoms with van der Waals surface area (Å²) in [6.45, 7) is 5.93. The molecule has 2 aromatic rings. The van der Waals surface area contributed by atoms with Crippen molar-refractivity contribution in [2.45, 2.75) is 6.10 Å². The summed E-state index contributed by atoms with van der Waals surface area (Å²) in [7, 11) is 1.63. The Bertz CT molecular complexity index is 693. The van der Waals surface area contributed by atoms with Crippen molar-refractivity contribution in [3.63, 3.8) is 0 Å². The normalized spacial score (nSPS) is 16.0. The number of nitrogens with zero attached hydrogens (tertiary/aromatic N) is 1. The number of H-pyrrole nitrogens is 1. The molecule has 1 aromatic carbocycles. The third-order valence-corrected chi connectivity index (χ3v) is 4.88. The van der Waals surface area contributed by atoms with Gasteiger partial charge < -0.3 is 24.2 Å². The lowest BCUT2D eigenvalue weighted by Crippen LogP contribution is -3.16. The highest BCUT2D eigenvalue weighted by Gasteiger charge is 2.27. The van der Waals surface area contributed by atoms with Crippen molar-refractivity contribution in [2.24, 2.45) is 0 Å². The number of rotatable bonds is 10. The van der Waals surface area contributed by atoms with Gasteiger partial charge in [-0.05, 0) is 18.2 Å². The number of ether oxygens (including phenoxy) is 3. The summed E-state index contributed by atoms with van der Waals surface area (Å²) in [5.74, 6) is 2.67. The first-order chi connectivity index (χ1) is 13.7. The van der Waals surface area contributed by atoms with Gasteiger partial charge in [0.25, 0.3) is 5.82 Å². The maximum absolute atomic E-state index is 10.2. The first-order valence-corrected chi connectivity index (χ1v) is 9.82. The maximum Gasteiger partial charge on any atom is 0.274 e. The second-order valence-electron chi connectivity index (χ2n) is 6.95. The van der Waals surface area contributed by atoms with E-state index in [0.717, 1.165) is 43.5 Å². The van der Waals surface area contributed by atoms with Crippen LogP contribution < -0.4 is 24.3 Å². The first kappa shape index (κ1) is 20.4. The molecule has 3 N–H and O–H groups in total. The molecular formula is C21H31N3O4+2. The van der Waals surface area contributed by atoms with Crippen molar-refractivity contribution in [1.82, 2.24) is 0 Å². The molecule has 1 saturated heterocycles. The summed E-state index contributed by atoms with van der Waals surface area (Å²) >= 11 is 0. The average molecular weight is 389 g/mol. The molecular weight excluding hydrogens is 358 g/mol. The van der Waals surface area contributed by atoms with E-state index in [1.807, 2.05) is 42.6 Å². The van der Waals surface area contributed by atoms with E-state index in [-0.39, 0.29) is 0 Å². The van der Waals surface area contributed by atoms with Gasteiger partial charge in [0.1, 0.15) is 56.9 Å². The standard InChI is InChI=1S/C21H29N3O4/c1-26-19-5-4-6-20(15-19)28-14-13-27-17-18(25)16-23-9-11-24(12-10-23)21-7-2-3-8-22-21/h2-8,15,18,25H,9-14,16-17H2,1H3/p+2/t18-/m1/s1. The number of anilines is 1. The minimum Gasteiger partial charge on any atom is -0.497 e. The van der Waals surface area contributed by atoms with Gasteiger partial charge in [0.15, 0.2) is 0 Å². The monoisotopic (exact) mass is 389 g/mol. The van der Waals surface area contributed by atoms with Crippen LogP contribution in [0, 0.1) is 0 Å². The molecule has 2 heterocycles. The third kappa shape index (κ3) is 6.37. The SMILES string of the molecule is COc1cccc(OCCOC[C@H](O)C[NH+]2CCN(c3cccc[nH+]3)CC2)c1. The lowest BCUT2D eigenvalue weighted by Gasteiger charge is -2.29. The molecule has 0 unspecified atom stereocenters. The molecule has 1 aliphatic heterocycles. The molecule has 1 atom stereocenters. The molecule has 0 bridgehead atoms. The predicted molar refractivity (Wildman–Crippen MR) is 106 cm³/mol. The molecule has 1 aliphatic rings. The highest BCUT2D eigenvalue weighted by molar-refractivity contribution is 5.33. The molecule has 0 amide bonds. The second kappa shape index (κ2) is 10.8. The van der Waals surface area contributed by atoms with Crippen LogP contribution >= 0.6 is 0 Å². The molecule has 28 heavy (non-hydrogen) atoms. The summed E-state index contributed by atoms with van der Waals surface area (Å²) in [4.78, 5) is 7.04. The van der Waals surface area contributed by atoms with Gasteiger partial charge in [-0.1, -0.05) is 12.1 Å². The Morgan fingerprint density at radius 2 is 1.93 bits per heavy atom. The van der Waals surface area contributed by atoms with Crippen LogP contribution in [0.5, 0.6) is 11.5 Å². The van der Waals surface area contributed by atoms with Gasteiger partial charge in [-0.25, -0.2) is 4.98 Å². The topological polar surface area (TPSA) is 69.7 Å². The van der Waals surface area contributed by atoms with Crippen molar-refractivity contribution in [1.29, 1.82) is 0 Å². The fourth-order valence-electron chi connectivity index (χ4n) is 3.37. The zero-order valence-corrected chi connectivity index (χ0v) is 16.5.